The van der Waals surface area contributed by atoms with Gasteiger partial charge in [0, 0.05) is 30.6 Å². The van der Waals surface area contributed by atoms with Gasteiger partial charge in [0.15, 0.2) is 0 Å². The van der Waals surface area contributed by atoms with Crippen molar-refractivity contribution in [1.82, 2.24) is 4.90 Å². The van der Waals surface area contributed by atoms with Gasteiger partial charge in [0.25, 0.3) is 0 Å². The fourth-order valence-corrected chi connectivity index (χ4v) is 3.04. The van der Waals surface area contributed by atoms with E-state index in [-0.39, 0.29) is 0 Å². The molecule has 0 saturated carbocycles. The molecule has 0 spiro atoms. The number of hydrogen-bond donors (Lipinski definition) is 1. The summed E-state index contributed by atoms with van der Waals surface area (Å²) in [6.45, 7) is 6.49. The van der Waals surface area contributed by atoms with Crippen LogP contribution in [0.2, 0.25) is 5.02 Å². The highest BCUT2D eigenvalue weighted by molar-refractivity contribution is 6.30. The highest BCUT2D eigenvalue weighted by atomic mass is 35.5. The van der Waals surface area contributed by atoms with Crippen molar-refractivity contribution in [2.75, 3.05) is 26.2 Å². The molecule has 3 heteroatoms. The largest absolute Gasteiger partial charge is 0.330 e. The van der Waals surface area contributed by atoms with Crippen LogP contribution in [-0.4, -0.2) is 31.1 Å². The standard InChI is InChI=1S/C15H23ClN2/c1-12-4-3-7-18(10-12)11-14(9-17)13-5-2-6-15(16)8-13/h2,5-6,8,12,14H,3-4,7,9-11,17H2,1H3. The van der Waals surface area contributed by atoms with Gasteiger partial charge in [-0.1, -0.05) is 30.7 Å². The van der Waals surface area contributed by atoms with Crippen molar-refractivity contribution in [3.8, 4) is 0 Å². The van der Waals surface area contributed by atoms with Gasteiger partial charge in [-0.15, -0.1) is 0 Å². The molecule has 0 radical (unpaired) electrons. The predicted octanol–water partition coefficient (Wildman–Crippen LogP) is 3.11. The molecule has 2 atom stereocenters. The van der Waals surface area contributed by atoms with Crippen LogP contribution >= 0.6 is 11.6 Å². The van der Waals surface area contributed by atoms with Crippen LogP contribution in [0.25, 0.3) is 0 Å². The zero-order valence-corrected chi connectivity index (χ0v) is 11.9. The summed E-state index contributed by atoms with van der Waals surface area (Å²) in [6, 6.07) is 8.12. The number of halogens is 1. The summed E-state index contributed by atoms with van der Waals surface area (Å²) in [7, 11) is 0. The second kappa shape index (κ2) is 6.55. The van der Waals surface area contributed by atoms with E-state index in [1.165, 1.54) is 31.5 Å². The Balaban J connectivity index is 2.00. The first-order valence-electron chi connectivity index (χ1n) is 6.87. The first kappa shape index (κ1) is 13.9. The topological polar surface area (TPSA) is 29.3 Å². The number of piperidine rings is 1. The van der Waals surface area contributed by atoms with Gasteiger partial charge in [0.05, 0.1) is 0 Å². The Hall–Kier alpha value is -0.570. The second-order valence-electron chi connectivity index (χ2n) is 5.49. The molecule has 0 amide bonds. The highest BCUT2D eigenvalue weighted by Crippen LogP contribution is 2.23. The molecule has 1 fully saturated rings. The maximum Gasteiger partial charge on any atom is 0.0408 e. The van der Waals surface area contributed by atoms with Crippen molar-refractivity contribution >= 4 is 11.6 Å². The molecule has 0 bridgehead atoms. The molecule has 1 aliphatic heterocycles. The average molecular weight is 267 g/mol. The third-order valence-corrected chi connectivity index (χ3v) is 4.06. The molecular formula is C15H23ClN2. The van der Waals surface area contributed by atoms with Crippen LogP contribution in [-0.2, 0) is 0 Å². The van der Waals surface area contributed by atoms with Crippen molar-refractivity contribution < 1.29 is 0 Å². The summed E-state index contributed by atoms with van der Waals surface area (Å²) >= 11 is 6.06. The zero-order chi connectivity index (χ0) is 13.0. The van der Waals surface area contributed by atoms with E-state index in [1.807, 2.05) is 18.2 Å². The Bertz CT molecular complexity index is 381. The monoisotopic (exact) mass is 266 g/mol. The molecule has 100 valence electrons. The van der Waals surface area contributed by atoms with Crippen molar-refractivity contribution in [2.45, 2.75) is 25.7 Å². The number of nitrogens with two attached hydrogens (primary N) is 1. The lowest BCUT2D eigenvalue weighted by Gasteiger charge is -2.33. The van der Waals surface area contributed by atoms with Crippen molar-refractivity contribution in [2.24, 2.45) is 11.7 Å². The van der Waals surface area contributed by atoms with E-state index in [1.54, 1.807) is 0 Å². The highest BCUT2D eigenvalue weighted by Gasteiger charge is 2.20. The second-order valence-corrected chi connectivity index (χ2v) is 5.93. The maximum atomic E-state index is 6.06. The van der Waals surface area contributed by atoms with Crippen LogP contribution in [0.5, 0.6) is 0 Å². The van der Waals surface area contributed by atoms with Crippen molar-refractivity contribution in [3.05, 3.63) is 34.9 Å². The van der Waals surface area contributed by atoms with Crippen LogP contribution in [0.3, 0.4) is 0 Å². The van der Waals surface area contributed by atoms with E-state index in [0.29, 0.717) is 12.5 Å². The quantitative estimate of drug-likeness (QED) is 0.907. The summed E-state index contributed by atoms with van der Waals surface area (Å²) in [5.41, 5.74) is 7.20. The first-order chi connectivity index (χ1) is 8.69. The van der Waals surface area contributed by atoms with Gasteiger partial charge >= 0.3 is 0 Å². The van der Waals surface area contributed by atoms with E-state index >= 15 is 0 Å². The van der Waals surface area contributed by atoms with Gasteiger partial charge in [-0.25, -0.2) is 0 Å². The number of hydrogen-bond acceptors (Lipinski definition) is 2. The maximum absolute atomic E-state index is 6.06. The molecule has 1 aromatic carbocycles. The van der Waals surface area contributed by atoms with Gasteiger partial charge < -0.3 is 10.6 Å². The van der Waals surface area contributed by atoms with Crippen LogP contribution < -0.4 is 5.73 Å². The summed E-state index contributed by atoms with van der Waals surface area (Å²) in [5.74, 6) is 1.21. The lowest BCUT2D eigenvalue weighted by atomic mass is 9.95. The van der Waals surface area contributed by atoms with E-state index < -0.39 is 0 Å². The lowest BCUT2D eigenvalue weighted by molar-refractivity contribution is 0.175. The van der Waals surface area contributed by atoms with Crippen molar-refractivity contribution in [1.29, 1.82) is 0 Å². The van der Waals surface area contributed by atoms with E-state index in [2.05, 4.69) is 17.9 Å². The summed E-state index contributed by atoms with van der Waals surface area (Å²) in [4.78, 5) is 2.55. The molecule has 2 nitrogen and oxygen atoms in total. The molecule has 1 aromatic rings. The first-order valence-corrected chi connectivity index (χ1v) is 7.24. The van der Waals surface area contributed by atoms with E-state index in [0.717, 1.165) is 17.5 Å². The molecule has 1 saturated heterocycles. The molecule has 0 aromatic heterocycles. The van der Waals surface area contributed by atoms with Gasteiger partial charge in [-0.2, -0.15) is 0 Å². The Labute approximate surface area is 115 Å². The van der Waals surface area contributed by atoms with Gasteiger partial charge in [0.2, 0.25) is 0 Å². The van der Waals surface area contributed by atoms with Gasteiger partial charge in [0.1, 0.15) is 0 Å². The zero-order valence-electron chi connectivity index (χ0n) is 11.1. The summed E-state index contributed by atoms with van der Waals surface area (Å²) in [5, 5.41) is 0.804. The van der Waals surface area contributed by atoms with Crippen LogP contribution in [0.1, 0.15) is 31.2 Å². The minimum Gasteiger partial charge on any atom is -0.330 e. The summed E-state index contributed by atoms with van der Waals surface area (Å²) in [6.07, 6.45) is 2.68. The van der Waals surface area contributed by atoms with E-state index in [9.17, 15) is 0 Å². The van der Waals surface area contributed by atoms with Crippen LogP contribution in [0.15, 0.2) is 24.3 Å². The SMILES string of the molecule is CC1CCCN(CC(CN)c2cccc(Cl)c2)C1. The fraction of sp³-hybridized carbons (Fsp3) is 0.600. The van der Waals surface area contributed by atoms with Crippen molar-refractivity contribution in [3.63, 3.8) is 0 Å². The van der Waals surface area contributed by atoms with E-state index in [4.69, 9.17) is 17.3 Å². The molecule has 1 heterocycles. The number of benzene rings is 1. The molecule has 2 unspecified atom stereocenters. The third kappa shape index (κ3) is 3.71. The average Bonchev–Trinajstić information content (AvgIpc) is 2.36. The molecule has 18 heavy (non-hydrogen) atoms. The fourth-order valence-electron chi connectivity index (χ4n) is 2.84. The minimum atomic E-state index is 0.397. The Morgan fingerprint density at radius 2 is 2.33 bits per heavy atom. The Morgan fingerprint density at radius 1 is 1.50 bits per heavy atom. The van der Waals surface area contributed by atoms with Gasteiger partial charge in [-0.05, 0) is 43.0 Å². The summed E-state index contributed by atoms with van der Waals surface area (Å²) < 4.78 is 0. The Morgan fingerprint density at radius 3 is 3.00 bits per heavy atom. The Kier molecular flexibility index (Phi) is 5.04. The van der Waals surface area contributed by atoms with Crippen LogP contribution in [0, 0.1) is 5.92 Å². The molecular weight excluding hydrogens is 244 g/mol. The molecule has 1 aliphatic rings. The predicted molar refractivity (Wildman–Crippen MR) is 78.1 cm³/mol. The molecule has 2 N–H and O–H groups in total. The minimum absolute atomic E-state index is 0.397. The molecule has 0 aliphatic carbocycles. The number of likely N-dealkylation sites (tertiary alicyclic amines) is 1. The van der Waals surface area contributed by atoms with Gasteiger partial charge in [-0.3, -0.25) is 0 Å². The normalized spacial score (nSPS) is 22.9. The number of nitrogens with zero attached hydrogens (tertiary/aromatic N) is 1. The number of rotatable bonds is 4. The molecule has 2 rings (SSSR count). The lowest BCUT2D eigenvalue weighted by Crippen LogP contribution is -2.38. The smallest absolute Gasteiger partial charge is 0.0408 e. The third-order valence-electron chi connectivity index (χ3n) is 3.82. The van der Waals surface area contributed by atoms with Crippen LogP contribution in [0.4, 0.5) is 0 Å².